The molecule has 1 atom stereocenters. The van der Waals surface area contributed by atoms with Gasteiger partial charge in [-0.2, -0.15) is 0 Å². The van der Waals surface area contributed by atoms with E-state index in [-0.39, 0.29) is 17.4 Å². The summed E-state index contributed by atoms with van der Waals surface area (Å²) in [5, 5.41) is 0. The van der Waals surface area contributed by atoms with Crippen LogP contribution in [0.15, 0.2) is 45.8 Å². The first-order valence-electron chi connectivity index (χ1n) is 7.57. The standard InChI is InChI=1S/C17H21BrO4S/c1-17(2,16(19)22-12-13-6-4-3-5-7-13)23(20,21)15-10-8-14(18)9-11-15/h3-4,8-11,13H,5-7,12H2,1-2H3. The van der Waals surface area contributed by atoms with Crippen LogP contribution in [0.2, 0.25) is 0 Å². The zero-order chi connectivity index (χ0) is 17.1. The number of hydrogen-bond acceptors (Lipinski definition) is 4. The maximum absolute atomic E-state index is 12.7. The second kappa shape index (κ2) is 7.18. The summed E-state index contributed by atoms with van der Waals surface area (Å²) in [5.74, 6) is -0.426. The summed E-state index contributed by atoms with van der Waals surface area (Å²) in [5.41, 5.74) is 0. The fourth-order valence-electron chi connectivity index (χ4n) is 2.39. The van der Waals surface area contributed by atoms with Gasteiger partial charge in [0, 0.05) is 4.47 Å². The van der Waals surface area contributed by atoms with E-state index in [1.54, 1.807) is 12.1 Å². The molecule has 0 heterocycles. The lowest BCUT2D eigenvalue weighted by Gasteiger charge is -2.25. The van der Waals surface area contributed by atoms with Gasteiger partial charge in [-0.15, -0.1) is 0 Å². The molecule has 0 aliphatic heterocycles. The van der Waals surface area contributed by atoms with Gasteiger partial charge in [-0.05, 0) is 63.3 Å². The molecule has 126 valence electrons. The van der Waals surface area contributed by atoms with Gasteiger partial charge < -0.3 is 4.74 Å². The highest BCUT2D eigenvalue weighted by Crippen LogP contribution is 2.28. The van der Waals surface area contributed by atoms with E-state index in [0.29, 0.717) is 0 Å². The molecule has 0 spiro atoms. The van der Waals surface area contributed by atoms with E-state index < -0.39 is 20.6 Å². The van der Waals surface area contributed by atoms with Crippen LogP contribution in [-0.2, 0) is 19.4 Å². The maximum Gasteiger partial charge on any atom is 0.327 e. The molecule has 1 aromatic carbocycles. The van der Waals surface area contributed by atoms with Crippen LogP contribution in [0.1, 0.15) is 33.1 Å². The van der Waals surface area contributed by atoms with Crippen molar-refractivity contribution in [3.63, 3.8) is 0 Å². The highest BCUT2D eigenvalue weighted by atomic mass is 79.9. The molecule has 0 N–H and O–H groups in total. The molecule has 0 amide bonds. The van der Waals surface area contributed by atoms with Crippen molar-refractivity contribution in [1.82, 2.24) is 0 Å². The third-order valence-electron chi connectivity index (χ3n) is 4.12. The van der Waals surface area contributed by atoms with Crippen molar-refractivity contribution in [2.45, 2.75) is 42.8 Å². The molecule has 2 rings (SSSR count). The van der Waals surface area contributed by atoms with Crippen LogP contribution in [-0.4, -0.2) is 25.7 Å². The van der Waals surface area contributed by atoms with Crippen LogP contribution in [0.3, 0.4) is 0 Å². The number of halogens is 1. The topological polar surface area (TPSA) is 60.4 Å². The van der Waals surface area contributed by atoms with Crippen LogP contribution in [0.25, 0.3) is 0 Å². The lowest BCUT2D eigenvalue weighted by atomic mass is 9.95. The van der Waals surface area contributed by atoms with Gasteiger partial charge in [-0.1, -0.05) is 28.1 Å². The average molecular weight is 401 g/mol. The van der Waals surface area contributed by atoms with E-state index in [2.05, 4.69) is 28.1 Å². The molecule has 1 aromatic rings. The minimum Gasteiger partial charge on any atom is -0.464 e. The number of allylic oxidation sites excluding steroid dienone is 2. The lowest BCUT2D eigenvalue weighted by Crippen LogP contribution is -2.42. The molecular weight excluding hydrogens is 380 g/mol. The van der Waals surface area contributed by atoms with Gasteiger partial charge in [0.1, 0.15) is 0 Å². The Morgan fingerprint density at radius 1 is 1.26 bits per heavy atom. The SMILES string of the molecule is CC(C)(C(=O)OCC1CC=CCC1)S(=O)(=O)c1ccc(Br)cc1. The van der Waals surface area contributed by atoms with Gasteiger partial charge in [-0.25, -0.2) is 8.42 Å². The van der Waals surface area contributed by atoms with Crippen LogP contribution < -0.4 is 0 Å². The van der Waals surface area contributed by atoms with Gasteiger partial charge in [0.05, 0.1) is 11.5 Å². The Morgan fingerprint density at radius 2 is 1.91 bits per heavy atom. The van der Waals surface area contributed by atoms with Crippen molar-refractivity contribution in [2.24, 2.45) is 5.92 Å². The Balaban J connectivity index is 2.10. The summed E-state index contributed by atoms with van der Waals surface area (Å²) >= 11 is 3.27. The van der Waals surface area contributed by atoms with Crippen LogP contribution in [0, 0.1) is 5.92 Å². The number of ether oxygens (including phenoxy) is 1. The van der Waals surface area contributed by atoms with Gasteiger partial charge in [0.15, 0.2) is 14.6 Å². The Hall–Kier alpha value is -1.14. The van der Waals surface area contributed by atoms with Crippen LogP contribution >= 0.6 is 15.9 Å². The molecule has 1 unspecified atom stereocenters. The van der Waals surface area contributed by atoms with Crippen molar-refractivity contribution in [3.8, 4) is 0 Å². The number of sulfone groups is 1. The van der Waals surface area contributed by atoms with E-state index in [9.17, 15) is 13.2 Å². The molecule has 23 heavy (non-hydrogen) atoms. The average Bonchev–Trinajstić information content (AvgIpc) is 2.53. The molecule has 0 bridgehead atoms. The van der Waals surface area contributed by atoms with Crippen molar-refractivity contribution >= 4 is 31.7 Å². The van der Waals surface area contributed by atoms with E-state index in [0.717, 1.165) is 23.7 Å². The molecule has 4 nitrogen and oxygen atoms in total. The maximum atomic E-state index is 12.7. The first-order valence-corrected chi connectivity index (χ1v) is 9.85. The predicted molar refractivity (Wildman–Crippen MR) is 92.8 cm³/mol. The van der Waals surface area contributed by atoms with Crippen LogP contribution in [0.5, 0.6) is 0 Å². The number of hydrogen-bond donors (Lipinski definition) is 0. The first-order chi connectivity index (χ1) is 10.7. The number of carbonyl (C=O) groups is 1. The minimum atomic E-state index is -3.82. The molecule has 1 aliphatic carbocycles. The third-order valence-corrected chi connectivity index (χ3v) is 7.05. The smallest absolute Gasteiger partial charge is 0.327 e. The second-order valence-electron chi connectivity index (χ2n) is 6.22. The minimum absolute atomic E-state index is 0.114. The summed E-state index contributed by atoms with van der Waals surface area (Å²) in [7, 11) is -3.82. The molecule has 0 radical (unpaired) electrons. The summed E-state index contributed by atoms with van der Waals surface area (Å²) in [6.45, 7) is 3.06. The van der Waals surface area contributed by atoms with Gasteiger partial charge in [-0.3, -0.25) is 4.79 Å². The van der Waals surface area contributed by atoms with Gasteiger partial charge in [0.25, 0.3) is 0 Å². The number of carbonyl (C=O) groups excluding carboxylic acids is 1. The Kier molecular flexibility index (Phi) is 5.68. The zero-order valence-electron chi connectivity index (χ0n) is 13.3. The normalized spacial score (nSPS) is 18.7. The fourth-order valence-corrected chi connectivity index (χ4v) is 4.02. The Bertz CT molecular complexity index is 690. The number of esters is 1. The van der Waals surface area contributed by atoms with E-state index in [4.69, 9.17) is 4.74 Å². The molecule has 0 saturated heterocycles. The van der Waals surface area contributed by atoms with Gasteiger partial charge in [0.2, 0.25) is 0 Å². The highest BCUT2D eigenvalue weighted by Gasteiger charge is 2.44. The number of rotatable bonds is 5. The van der Waals surface area contributed by atoms with Crippen LogP contribution in [0.4, 0.5) is 0 Å². The van der Waals surface area contributed by atoms with E-state index in [1.807, 2.05) is 0 Å². The van der Waals surface area contributed by atoms with E-state index in [1.165, 1.54) is 26.0 Å². The van der Waals surface area contributed by atoms with Crippen molar-refractivity contribution in [2.75, 3.05) is 6.61 Å². The molecule has 0 fully saturated rings. The summed E-state index contributed by atoms with van der Waals surface area (Å²) in [4.78, 5) is 12.5. The van der Waals surface area contributed by atoms with E-state index >= 15 is 0 Å². The fraction of sp³-hybridized carbons (Fsp3) is 0.471. The molecule has 6 heteroatoms. The number of benzene rings is 1. The monoisotopic (exact) mass is 400 g/mol. The Morgan fingerprint density at radius 3 is 2.48 bits per heavy atom. The van der Waals surface area contributed by atoms with Crippen molar-refractivity contribution in [1.29, 1.82) is 0 Å². The van der Waals surface area contributed by atoms with Crippen molar-refractivity contribution < 1.29 is 17.9 Å². The molecular formula is C17H21BrO4S. The quantitative estimate of drug-likeness (QED) is 0.555. The summed E-state index contributed by atoms with van der Waals surface area (Å²) < 4.78 is 29.9. The van der Waals surface area contributed by atoms with Gasteiger partial charge >= 0.3 is 5.97 Å². The molecule has 1 aliphatic rings. The highest BCUT2D eigenvalue weighted by molar-refractivity contribution is 9.10. The second-order valence-corrected chi connectivity index (χ2v) is 9.63. The lowest BCUT2D eigenvalue weighted by molar-refractivity contribution is -0.147. The predicted octanol–water partition coefficient (Wildman–Crippen LogP) is 3.90. The zero-order valence-corrected chi connectivity index (χ0v) is 15.7. The Labute approximate surface area is 146 Å². The molecule has 0 saturated carbocycles. The van der Waals surface area contributed by atoms with Crippen molar-refractivity contribution in [3.05, 3.63) is 40.9 Å². The molecule has 0 aromatic heterocycles. The third kappa shape index (κ3) is 4.04. The first kappa shape index (κ1) is 18.2. The summed E-state index contributed by atoms with van der Waals surface area (Å²) in [6.07, 6.45) is 6.99. The largest absolute Gasteiger partial charge is 0.464 e. The summed E-state index contributed by atoms with van der Waals surface area (Å²) in [6, 6.07) is 6.26.